The van der Waals surface area contributed by atoms with Crippen LogP contribution in [0.25, 0.3) is 0 Å². The van der Waals surface area contributed by atoms with Crippen LogP contribution in [0.3, 0.4) is 0 Å². The second-order valence-corrected chi connectivity index (χ2v) is 5.01. The van der Waals surface area contributed by atoms with E-state index in [1.807, 2.05) is 37.7 Å². The lowest BCUT2D eigenvalue weighted by Crippen LogP contribution is -2.18. The largest absolute Gasteiger partial charge is 0.493 e. The molecule has 1 atom stereocenters. The lowest BCUT2D eigenvalue weighted by Gasteiger charge is -2.14. The summed E-state index contributed by atoms with van der Waals surface area (Å²) in [6.07, 6.45) is 2.50. The van der Waals surface area contributed by atoms with E-state index < -0.39 is 0 Å². The summed E-state index contributed by atoms with van der Waals surface area (Å²) in [5.74, 6) is 0.323. The van der Waals surface area contributed by atoms with Crippen LogP contribution in [0.5, 0.6) is 5.75 Å². The van der Waals surface area contributed by atoms with Gasteiger partial charge in [0, 0.05) is 43.0 Å². The number of hydrogen-bond donors (Lipinski definition) is 1. The molecule has 1 aromatic heterocycles. The fourth-order valence-electron chi connectivity index (χ4n) is 2.28. The van der Waals surface area contributed by atoms with Gasteiger partial charge in [0.2, 0.25) is 0 Å². The number of aryl methyl sites for hydroxylation is 1. The highest BCUT2D eigenvalue weighted by atomic mass is 19.1. The summed E-state index contributed by atoms with van der Waals surface area (Å²) in [5, 5.41) is 7.30. The monoisotopic (exact) mass is 291 g/mol. The number of ether oxygens (including phenoxy) is 1. The molecule has 1 N–H and O–H groups in total. The van der Waals surface area contributed by atoms with Crippen molar-refractivity contribution in [1.82, 2.24) is 15.1 Å². The van der Waals surface area contributed by atoms with E-state index in [-0.39, 0.29) is 11.9 Å². The highest BCUT2D eigenvalue weighted by molar-refractivity contribution is 5.30. The number of benzene rings is 1. The minimum Gasteiger partial charge on any atom is -0.493 e. The molecule has 2 aromatic rings. The summed E-state index contributed by atoms with van der Waals surface area (Å²) in [7, 11) is 1.89. The molecule has 0 saturated heterocycles. The van der Waals surface area contributed by atoms with Crippen molar-refractivity contribution in [3.8, 4) is 5.75 Å². The van der Waals surface area contributed by atoms with Gasteiger partial charge in [0.05, 0.1) is 6.61 Å². The van der Waals surface area contributed by atoms with E-state index in [1.165, 1.54) is 6.07 Å². The third-order valence-corrected chi connectivity index (χ3v) is 3.50. The van der Waals surface area contributed by atoms with Gasteiger partial charge in [0.1, 0.15) is 11.6 Å². The Morgan fingerprint density at radius 2 is 2.19 bits per heavy atom. The molecular formula is C16H22FN3O. The Morgan fingerprint density at radius 3 is 2.81 bits per heavy atom. The highest BCUT2D eigenvalue weighted by Gasteiger charge is 2.10. The smallest absolute Gasteiger partial charge is 0.131 e. The van der Waals surface area contributed by atoms with E-state index in [4.69, 9.17) is 4.74 Å². The Labute approximate surface area is 124 Å². The lowest BCUT2D eigenvalue weighted by atomic mass is 10.1. The number of rotatable bonds is 7. The molecule has 0 amide bonds. The van der Waals surface area contributed by atoms with Crippen LogP contribution in [-0.2, 0) is 13.5 Å². The van der Waals surface area contributed by atoms with Crippen molar-refractivity contribution >= 4 is 0 Å². The van der Waals surface area contributed by atoms with Gasteiger partial charge >= 0.3 is 0 Å². The first kappa shape index (κ1) is 15.5. The van der Waals surface area contributed by atoms with Crippen molar-refractivity contribution in [3.05, 3.63) is 47.5 Å². The standard InChI is InChI=1S/C16H22FN3O/c1-4-18-12(2)15-6-5-14(11-16(15)17)21-10-8-13-7-9-19-20(13)3/h5-7,9,11-12,18H,4,8,10H2,1-3H3. The first-order valence-electron chi connectivity index (χ1n) is 7.24. The minimum absolute atomic E-state index is 0.00140. The van der Waals surface area contributed by atoms with Crippen LogP contribution in [-0.4, -0.2) is 22.9 Å². The molecule has 0 aliphatic heterocycles. The zero-order valence-electron chi connectivity index (χ0n) is 12.8. The summed E-state index contributed by atoms with van der Waals surface area (Å²) >= 11 is 0. The van der Waals surface area contributed by atoms with Crippen LogP contribution in [0.1, 0.15) is 31.1 Å². The molecule has 114 valence electrons. The Kier molecular flexibility index (Phi) is 5.33. The predicted octanol–water partition coefficient (Wildman–Crippen LogP) is 2.85. The highest BCUT2D eigenvalue weighted by Crippen LogP contribution is 2.22. The maximum atomic E-state index is 14.1. The topological polar surface area (TPSA) is 39.1 Å². The Hall–Kier alpha value is -1.88. The Balaban J connectivity index is 1.92. The van der Waals surface area contributed by atoms with Crippen molar-refractivity contribution in [3.63, 3.8) is 0 Å². The van der Waals surface area contributed by atoms with Crippen LogP contribution < -0.4 is 10.1 Å². The Bertz CT molecular complexity index is 583. The van der Waals surface area contributed by atoms with Gasteiger partial charge in [-0.25, -0.2) is 4.39 Å². The van der Waals surface area contributed by atoms with E-state index >= 15 is 0 Å². The molecular weight excluding hydrogens is 269 g/mol. The second kappa shape index (κ2) is 7.22. The van der Waals surface area contributed by atoms with E-state index in [2.05, 4.69) is 10.4 Å². The SMILES string of the molecule is CCNC(C)c1ccc(OCCc2ccnn2C)cc1F. The van der Waals surface area contributed by atoms with Gasteiger partial charge < -0.3 is 10.1 Å². The van der Waals surface area contributed by atoms with E-state index in [0.29, 0.717) is 17.9 Å². The van der Waals surface area contributed by atoms with Gasteiger partial charge in [0.15, 0.2) is 0 Å². The number of aromatic nitrogens is 2. The summed E-state index contributed by atoms with van der Waals surface area (Å²) < 4.78 is 21.5. The fraction of sp³-hybridized carbons (Fsp3) is 0.438. The third-order valence-electron chi connectivity index (χ3n) is 3.50. The van der Waals surface area contributed by atoms with Crippen molar-refractivity contribution in [2.24, 2.45) is 7.05 Å². The predicted molar refractivity (Wildman–Crippen MR) is 80.9 cm³/mol. The molecule has 0 saturated carbocycles. The molecule has 0 fully saturated rings. The van der Waals surface area contributed by atoms with Crippen LogP contribution in [0.4, 0.5) is 4.39 Å². The van der Waals surface area contributed by atoms with Crippen molar-refractivity contribution in [1.29, 1.82) is 0 Å². The molecule has 0 bridgehead atoms. The third kappa shape index (κ3) is 4.04. The van der Waals surface area contributed by atoms with Gasteiger partial charge in [-0.2, -0.15) is 5.10 Å². The molecule has 0 spiro atoms. The summed E-state index contributed by atoms with van der Waals surface area (Å²) in [6, 6.07) is 6.99. The summed E-state index contributed by atoms with van der Waals surface area (Å²) in [5.41, 5.74) is 1.75. The number of halogens is 1. The summed E-state index contributed by atoms with van der Waals surface area (Å²) in [6.45, 7) is 5.26. The number of nitrogens with zero attached hydrogens (tertiary/aromatic N) is 2. The molecule has 0 radical (unpaired) electrons. The average Bonchev–Trinajstić information content (AvgIpc) is 2.85. The maximum absolute atomic E-state index is 14.1. The average molecular weight is 291 g/mol. The van der Waals surface area contributed by atoms with Gasteiger partial charge in [-0.15, -0.1) is 0 Å². The molecule has 0 aliphatic rings. The molecule has 1 aromatic carbocycles. The van der Waals surface area contributed by atoms with Crippen LogP contribution >= 0.6 is 0 Å². The van der Waals surface area contributed by atoms with Gasteiger partial charge in [0.25, 0.3) is 0 Å². The molecule has 21 heavy (non-hydrogen) atoms. The number of hydrogen-bond acceptors (Lipinski definition) is 3. The fourth-order valence-corrected chi connectivity index (χ4v) is 2.28. The van der Waals surface area contributed by atoms with Crippen molar-refractivity contribution in [2.75, 3.05) is 13.2 Å². The lowest BCUT2D eigenvalue weighted by molar-refractivity contribution is 0.316. The van der Waals surface area contributed by atoms with Crippen LogP contribution in [0.2, 0.25) is 0 Å². The quantitative estimate of drug-likeness (QED) is 0.852. The molecule has 4 nitrogen and oxygen atoms in total. The number of nitrogens with one attached hydrogen (secondary N) is 1. The van der Waals surface area contributed by atoms with Gasteiger partial charge in [-0.3, -0.25) is 4.68 Å². The molecule has 1 unspecified atom stereocenters. The summed E-state index contributed by atoms with van der Waals surface area (Å²) in [4.78, 5) is 0. The normalized spacial score (nSPS) is 12.4. The van der Waals surface area contributed by atoms with E-state index in [0.717, 1.165) is 18.7 Å². The minimum atomic E-state index is -0.235. The van der Waals surface area contributed by atoms with E-state index in [1.54, 1.807) is 12.3 Å². The molecule has 1 heterocycles. The second-order valence-electron chi connectivity index (χ2n) is 5.01. The first-order chi connectivity index (χ1) is 10.1. The maximum Gasteiger partial charge on any atom is 0.131 e. The molecule has 5 heteroatoms. The van der Waals surface area contributed by atoms with E-state index in [9.17, 15) is 4.39 Å². The van der Waals surface area contributed by atoms with Gasteiger partial charge in [-0.05, 0) is 25.6 Å². The Morgan fingerprint density at radius 1 is 1.38 bits per heavy atom. The zero-order valence-corrected chi connectivity index (χ0v) is 12.8. The van der Waals surface area contributed by atoms with Crippen molar-refractivity contribution < 1.29 is 9.13 Å². The molecule has 2 rings (SSSR count). The van der Waals surface area contributed by atoms with Crippen LogP contribution in [0, 0.1) is 5.82 Å². The first-order valence-corrected chi connectivity index (χ1v) is 7.24. The zero-order chi connectivity index (χ0) is 15.2. The molecule has 0 aliphatic carbocycles. The van der Waals surface area contributed by atoms with Crippen LogP contribution in [0.15, 0.2) is 30.5 Å². The van der Waals surface area contributed by atoms with Crippen molar-refractivity contribution in [2.45, 2.75) is 26.3 Å². The van der Waals surface area contributed by atoms with Gasteiger partial charge in [-0.1, -0.05) is 13.0 Å².